The predicted molar refractivity (Wildman–Crippen MR) is 127 cm³/mol. The molecule has 1 N–H and O–H groups in total. The highest BCUT2D eigenvalue weighted by Crippen LogP contribution is 2.38. The van der Waals surface area contributed by atoms with E-state index in [1.54, 1.807) is 47.9 Å². The average Bonchev–Trinajstić information content (AvgIpc) is 3.19. The van der Waals surface area contributed by atoms with E-state index in [1.165, 1.54) is 18.1 Å². The Labute approximate surface area is 206 Å². The first-order valence-electron chi connectivity index (χ1n) is 10.9. The zero-order chi connectivity index (χ0) is 25.1. The van der Waals surface area contributed by atoms with Gasteiger partial charge in [0.05, 0.1) is 34.4 Å². The van der Waals surface area contributed by atoms with Crippen molar-refractivity contribution in [3.63, 3.8) is 0 Å². The second kappa shape index (κ2) is 10.1. The Morgan fingerprint density at radius 3 is 2.69 bits per heavy atom. The van der Waals surface area contributed by atoms with Gasteiger partial charge in [-0.3, -0.25) is 24.1 Å². The molecule has 1 atom stereocenters. The van der Waals surface area contributed by atoms with E-state index in [4.69, 9.17) is 16.3 Å². The summed E-state index contributed by atoms with van der Waals surface area (Å²) in [5, 5.41) is 19.2. The Hall–Kier alpha value is -3.94. The lowest BCUT2D eigenvalue weighted by Crippen LogP contribution is -2.45. The fourth-order valence-electron chi connectivity index (χ4n) is 3.90. The first-order chi connectivity index (χ1) is 16.8. The molecule has 1 unspecified atom stereocenters. The Morgan fingerprint density at radius 1 is 1.23 bits per heavy atom. The van der Waals surface area contributed by atoms with Crippen molar-refractivity contribution in [3.8, 4) is 17.8 Å². The molecule has 3 amide bonds. The van der Waals surface area contributed by atoms with Gasteiger partial charge in [-0.05, 0) is 37.6 Å². The van der Waals surface area contributed by atoms with Gasteiger partial charge in [0, 0.05) is 26.4 Å². The van der Waals surface area contributed by atoms with Gasteiger partial charge in [-0.1, -0.05) is 23.7 Å². The number of aliphatic hydroxyl groups excluding tert-OH is 1. The number of aliphatic hydroxyl groups is 1. The van der Waals surface area contributed by atoms with Gasteiger partial charge in [-0.2, -0.15) is 10.2 Å². The van der Waals surface area contributed by atoms with E-state index < -0.39 is 17.9 Å². The van der Waals surface area contributed by atoms with Gasteiger partial charge in [0.1, 0.15) is 11.8 Å². The molecule has 0 spiro atoms. The number of fused-ring (bicyclic) bond motifs is 1. The summed E-state index contributed by atoms with van der Waals surface area (Å²) in [5.74, 6) is -0.608. The number of nitrogens with zero attached hydrogens (tertiary/aromatic N) is 6. The number of amides is 3. The number of urea groups is 1. The molecule has 0 aliphatic carbocycles. The average molecular weight is 495 g/mol. The van der Waals surface area contributed by atoms with Gasteiger partial charge < -0.3 is 9.84 Å². The van der Waals surface area contributed by atoms with Crippen molar-refractivity contribution in [1.29, 1.82) is 5.26 Å². The summed E-state index contributed by atoms with van der Waals surface area (Å²) in [6.45, 7) is 1.82. The number of halogens is 1. The number of hydrogen-bond acceptors (Lipinski definition) is 7. The minimum atomic E-state index is -0.749. The summed E-state index contributed by atoms with van der Waals surface area (Å²) in [5.41, 5.74) is 1.41. The maximum atomic E-state index is 13.3. The Bertz CT molecular complexity index is 1300. The summed E-state index contributed by atoms with van der Waals surface area (Å²) in [7, 11) is 1.53. The van der Waals surface area contributed by atoms with Gasteiger partial charge in [-0.25, -0.2) is 4.79 Å². The van der Waals surface area contributed by atoms with E-state index in [2.05, 4.69) is 16.0 Å². The highest BCUT2D eigenvalue weighted by Gasteiger charge is 2.40. The monoisotopic (exact) mass is 494 g/mol. The fourth-order valence-corrected chi connectivity index (χ4v) is 4.01. The molecule has 10 nitrogen and oxygen atoms in total. The molecule has 4 rings (SSSR count). The van der Waals surface area contributed by atoms with Crippen molar-refractivity contribution < 1.29 is 19.4 Å². The number of nitriles is 1. The summed E-state index contributed by atoms with van der Waals surface area (Å²) >= 11 is 5.99. The van der Waals surface area contributed by atoms with E-state index in [0.717, 1.165) is 4.90 Å². The van der Waals surface area contributed by atoms with Crippen molar-refractivity contribution in [1.82, 2.24) is 19.4 Å². The molecule has 0 saturated carbocycles. The number of imide groups is 1. The molecule has 1 aliphatic rings. The number of para-hydroxylation sites is 1. The molecule has 0 bridgehead atoms. The lowest BCUT2D eigenvalue weighted by Gasteiger charge is -2.23. The molecule has 35 heavy (non-hydrogen) atoms. The smallest absolute Gasteiger partial charge is 0.332 e. The second-order valence-electron chi connectivity index (χ2n) is 8.00. The quantitative estimate of drug-likeness (QED) is 0.532. The second-order valence-corrected chi connectivity index (χ2v) is 8.43. The number of hydrogen-bond donors (Lipinski definition) is 1. The number of ether oxygens (including phenoxy) is 1. The number of carbonyl (C=O) groups excluding carboxylic acids is 2. The molecule has 180 valence electrons. The van der Waals surface area contributed by atoms with Crippen LogP contribution in [-0.2, 0) is 11.3 Å². The zero-order valence-electron chi connectivity index (χ0n) is 19.2. The molecule has 1 aromatic carbocycles. The zero-order valence-corrected chi connectivity index (χ0v) is 19.9. The Morgan fingerprint density at radius 2 is 2.00 bits per heavy atom. The van der Waals surface area contributed by atoms with Crippen molar-refractivity contribution in [2.45, 2.75) is 25.8 Å². The summed E-state index contributed by atoms with van der Waals surface area (Å²) in [4.78, 5) is 37.8. The van der Waals surface area contributed by atoms with Crippen LogP contribution in [0.2, 0.25) is 5.02 Å². The first kappa shape index (κ1) is 24.2. The van der Waals surface area contributed by atoms with Crippen molar-refractivity contribution in [3.05, 3.63) is 64.6 Å². The molecular weight excluding hydrogens is 472 g/mol. The maximum absolute atomic E-state index is 13.3. The van der Waals surface area contributed by atoms with Crippen LogP contribution >= 0.6 is 11.6 Å². The minimum absolute atomic E-state index is 0.0881. The number of carbonyl (C=O) groups is 2. The van der Waals surface area contributed by atoms with Crippen LogP contribution in [-0.4, -0.2) is 56.7 Å². The molecule has 0 fully saturated rings. The first-order valence-corrected chi connectivity index (χ1v) is 11.3. The predicted octanol–water partition coefficient (Wildman–Crippen LogP) is 3.53. The van der Waals surface area contributed by atoms with Crippen LogP contribution in [0.4, 0.5) is 10.6 Å². The molecule has 1 aliphatic heterocycles. The highest BCUT2D eigenvalue weighted by molar-refractivity contribution is 6.30. The number of aromatic nitrogens is 3. The molecule has 0 saturated heterocycles. The number of anilines is 1. The van der Waals surface area contributed by atoms with Crippen molar-refractivity contribution >= 4 is 29.4 Å². The van der Waals surface area contributed by atoms with Gasteiger partial charge in [0.2, 0.25) is 5.91 Å². The van der Waals surface area contributed by atoms with Crippen LogP contribution in [0.5, 0.6) is 11.8 Å². The van der Waals surface area contributed by atoms with Gasteiger partial charge in [0.25, 0.3) is 0 Å². The van der Waals surface area contributed by atoms with Gasteiger partial charge in [0.15, 0.2) is 5.82 Å². The van der Waals surface area contributed by atoms with Crippen LogP contribution in [0, 0.1) is 11.3 Å². The number of pyridine rings is 1. The third-order valence-electron chi connectivity index (χ3n) is 5.69. The summed E-state index contributed by atoms with van der Waals surface area (Å²) in [6.07, 6.45) is 1.78. The van der Waals surface area contributed by atoms with Crippen LogP contribution in [0.15, 0.2) is 42.6 Å². The fraction of sp³-hybridized carbons (Fsp3) is 0.292. The molecule has 11 heteroatoms. The van der Waals surface area contributed by atoms with Crippen LogP contribution in [0.3, 0.4) is 0 Å². The maximum Gasteiger partial charge on any atom is 0.332 e. The molecule has 3 heterocycles. The Kier molecular flexibility index (Phi) is 7.00. The van der Waals surface area contributed by atoms with Crippen molar-refractivity contribution in [2.75, 3.05) is 25.1 Å². The molecule has 0 radical (unpaired) electrons. The van der Waals surface area contributed by atoms with E-state index in [9.17, 15) is 20.0 Å². The Balaban J connectivity index is 1.85. The van der Waals surface area contributed by atoms with Crippen molar-refractivity contribution in [2.24, 2.45) is 0 Å². The number of benzene rings is 1. The molecule has 3 aromatic rings. The molecule has 2 aromatic heterocycles. The van der Waals surface area contributed by atoms with E-state index in [-0.39, 0.29) is 43.7 Å². The van der Waals surface area contributed by atoms with E-state index in [1.807, 2.05) is 0 Å². The number of imidazole rings is 1. The van der Waals surface area contributed by atoms with Crippen LogP contribution in [0.1, 0.15) is 36.2 Å². The topological polar surface area (TPSA) is 125 Å². The third-order valence-corrected chi connectivity index (χ3v) is 5.92. The van der Waals surface area contributed by atoms with E-state index in [0.29, 0.717) is 22.0 Å². The molecular formula is C24H23ClN6O4. The van der Waals surface area contributed by atoms with Gasteiger partial charge in [-0.15, -0.1) is 0 Å². The lowest BCUT2D eigenvalue weighted by molar-refractivity contribution is -0.129. The standard InChI is InChI=1S/C24H23ClN6O4/c1-15-20-21(29(2)24(34)30(22(15)33)10-5-11-32)28-23(35-19-7-4-3-6-16(19)12-26)31(20)14-18-9-8-17(25)13-27-18/h3-4,6-9,13,15,32H,5,10-11,14H2,1-2H3. The normalized spacial score (nSPS) is 15.6. The minimum Gasteiger partial charge on any atom is -0.424 e. The van der Waals surface area contributed by atoms with Gasteiger partial charge >= 0.3 is 12.0 Å². The largest absolute Gasteiger partial charge is 0.424 e. The third kappa shape index (κ3) is 4.69. The lowest BCUT2D eigenvalue weighted by atomic mass is 10.1. The number of rotatable bonds is 7. The van der Waals surface area contributed by atoms with Crippen LogP contribution in [0.25, 0.3) is 0 Å². The SMILES string of the molecule is CC1C(=O)N(CCCO)C(=O)N(C)c2nc(Oc3ccccc3C#N)n(Cc3ccc(Cl)cn3)c21. The highest BCUT2D eigenvalue weighted by atomic mass is 35.5. The summed E-state index contributed by atoms with van der Waals surface area (Å²) in [6, 6.07) is 11.8. The summed E-state index contributed by atoms with van der Waals surface area (Å²) < 4.78 is 7.74. The van der Waals surface area contributed by atoms with E-state index >= 15 is 0 Å². The van der Waals surface area contributed by atoms with Crippen LogP contribution < -0.4 is 9.64 Å².